The molecular formula is C23H30N2O3. The Kier molecular flexibility index (Phi) is 7.61. The van der Waals surface area contributed by atoms with Crippen molar-refractivity contribution in [3.05, 3.63) is 64.7 Å². The fourth-order valence-corrected chi connectivity index (χ4v) is 3.20. The largest absolute Gasteiger partial charge is 0.483 e. The highest BCUT2D eigenvalue weighted by molar-refractivity contribution is 5.88. The average Bonchev–Trinajstić information content (AvgIpc) is 2.68. The molecule has 2 aromatic carbocycles. The van der Waals surface area contributed by atoms with Crippen LogP contribution in [-0.2, 0) is 16.1 Å². The Morgan fingerprint density at radius 1 is 1.11 bits per heavy atom. The summed E-state index contributed by atoms with van der Waals surface area (Å²) in [6.07, 6.45) is 0.528. The highest BCUT2D eigenvalue weighted by atomic mass is 16.5. The molecule has 1 unspecified atom stereocenters. The summed E-state index contributed by atoms with van der Waals surface area (Å²) in [4.78, 5) is 27.0. The minimum atomic E-state index is -0.541. The van der Waals surface area contributed by atoms with E-state index >= 15 is 0 Å². The zero-order valence-electron chi connectivity index (χ0n) is 17.4. The van der Waals surface area contributed by atoms with Gasteiger partial charge in [0.05, 0.1) is 0 Å². The first-order chi connectivity index (χ1) is 13.4. The summed E-state index contributed by atoms with van der Waals surface area (Å²) in [7, 11) is 1.59. The average molecular weight is 383 g/mol. The Labute approximate surface area is 167 Å². The van der Waals surface area contributed by atoms with Crippen LogP contribution >= 0.6 is 0 Å². The second-order valence-electron chi connectivity index (χ2n) is 7.04. The Bertz CT molecular complexity index is 832. The molecule has 0 saturated heterocycles. The molecule has 0 fully saturated rings. The highest BCUT2D eigenvalue weighted by Crippen LogP contribution is 2.21. The number of carbonyl (C=O) groups is 2. The second-order valence-corrected chi connectivity index (χ2v) is 7.04. The van der Waals surface area contributed by atoms with Gasteiger partial charge >= 0.3 is 0 Å². The zero-order valence-corrected chi connectivity index (χ0v) is 17.4. The van der Waals surface area contributed by atoms with Crippen LogP contribution in [-0.4, -0.2) is 36.4 Å². The summed E-state index contributed by atoms with van der Waals surface area (Å²) in [5.41, 5.74) is 4.23. The summed E-state index contributed by atoms with van der Waals surface area (Å²) in [5.74, 6) is 0.310. The Balaban J connectivity index is 2.22. The third kappa shape index (κ3) is 5.35. The van der Waals surface area contributed by atoms with Crippen LogP contribution in [0.1, 0.15) is 35.6 Å². The predicted octanol–water partition coefficient (Wildman–Crippen LogP) is 3.54. The van der Waals surface area contributed by atoms with Crippen LogP contribution in [0.2, 0.25) is 0 Å². The van der Waals surface area contributed by atoms with Gasteiger partial charge in [0.25, 0.3) is 5.91 Å². The molecule has 1 N–H and O–H groups in total. The van der Waals surface area contributed by atoms with Gasteiger partial charge in [0.2, 0.25) is 5.91 Å². The van der Waals surface area contributed by atoms with E-state index in [-0.39, 0.29) is 18.4 Å². The molecule has 150 valence electrons. The lowest BCUT2D eigenvalue weighted by Crippen LogP contribution is -2.49. The number of rotatable bonds is 8. The van der Waals surface area contributed by atoms with Gasteiger partial charge < -0.3 is 15.0 Å². The molecule has 5 heteroatoms. The molecule has 0 aliphatic carbocycles. The molecule has 0 heterocycles. The van der Waals surface area contributed by atoms with E-state index in [1.54, 1.807) is 11.9 Å². The third-order valence-corrected chi connectivity index (χ3v) is 4.97. The molecule has 0 aromatic heterocycles. The van der Waals surface area contributed by atoms with E-state index in [1.165, 1.54) is 0 Å². The number of nitrogens with zero attached hydrogens (tertiary/aromatic N) is 1. The summed E-state index contributed by atoms with van der Waals surface area (Å²) in [5, 5.41) is 2.67. The maximum absolute atomic E-state index is 13.0. The van der Waals surface area contributed by atoms with Crippen molar-refractivity contribution in [1.29, 1.82) is 0 Å². The molecule has 28 heavy (non-hydrogen) atoms. The van der Waals surface area contributed by atoms with Gasteiger partial charge in [-0.25, -0.2) is 0 Å². The van der Waals surface area contributed by atoms with Crippen molar-refractivity contribution >= 4 is 11.8 Å². The number of aryl methyl sites for hydroxylation is 2. The monoisotopic (exact) mass is 382 g/mol. The third-order valence-electron chi connectivity index (χ3n) is 4.97. The molecule has 0 aliphatic heterocycles. The van der Waals surface area contributed by atoms with Crippen LogP contribution in [0.3, 0.4) is 0 Å². The van der Waals surface area contributed by atoms with E-state index in [0.29, 0.717) is 18.7 Å². The normalized spacial score (nSPS) is 11.6. The highest BCUT2D eigenvalue weighted by Gasteiger charge is 2.28. The van der Waals surface area contributed by atoms with Gasteiger partial charge in [-0.3, -0.25) is 9.59 Å². The first-order valence-corrected chi connectivity index (χ1v) is 9.63. The number of hydrogen-bond acceptors (Lipinski definition) is 3. The summed E-state index contributed by atoms with van der Waals surface area (Å²) in [6.45, 7) is 8.15. The Morgan fingerprint density at radius 3 is 2.46 bits per heavy atom. The Morgan fingerprint density at radius 2 is 1.82 bits per heavy atom. The van der Waals surface area contributed by atoms with Crippen molar-refractivity contribution in [3.63, 3.8) is 0 Å². The van der Waals surface area contributed by atoms with Crippen LogP contribution in [0.25, 0.3) is 0 Å². The molecular weight excluding hydrogens is 352 g/mol. The van der Waals surface area contributed by atoms with E-state index < -0.39 is 6.04 Å². The molecule has 0 bridgehead atoms. The number of hydrogen-bond donors (Lipinski definition) is 1. The molecule has 0 radical (unpaired) electrons. The van der Waals surface area contributed by atoms with Crippen molar-refractivity contribution < 1.29 is 14.3 Å². The van der Waals surface area contributed by atoms with Crippen molar-refractivity contribution in [1.82, 2.24) is 10.2 Å². The number of nitrogens with one attached hydrogen (secondary N) is 1. The van der Waals surface area contributed by atoms with Crippen molar-refractivity contribution in [2.45, 2.75) is 46.7 Å². The lowest BCUT2D eigenvalue weighted by Gasteiger charge is -2.30. The van der Waals surface area contributed by atoms with Crippen molar-refractivity contribution in [3.8, 4) is 5.75 Å². The quantitative estimate of drug-likeness (QED) is 0.760. The minimum absolute atomic E-state index is 0.108. The lowest BCUT2D eigenvalue weighted by molar-refractivity contribution is -0.142. The first-order valence-electron chi connectivity index (χ1n) is 9.63. The lowest BCUT2D eigenvalue weighted by atomic mass is 10.1. The van der Waals surface area contributed by atoms with Gasteiger partial charge in [0.1, 0.15) is 11.8 Å². The number of carbonyl (C=O) groups excluding carboxylic acids is 2. The maximum Gasteiger partial charge on any atom is 0.261 e. The van der Waals surface area contributed by atoms with Crippen molar-refractivity contribution in [2.24, 2.45) is 0 Å². The fraction of sp³-hybridized carbons (Fsp3) is 0.391. The molecule has 2 aromatic rings. The molecule has 1 atom stereocenters. The van der Waals surface area contributed by atoms with Crippen LogP contribution in [0, 0.1) is 20.8 Å². The standard InChI is InChI=1S/C23H30N2O3/c1-6-20(23(27)24-5)25(14-19-11-7-9-16(2)13-19)22(26)15-28-21-12-8-10-17(3)18(21)4/h7-13,20H,6,14-15H2,1-5H3,(H,24,27). The molecule has 2 rings (SSSR count). The SMILES string of the molecule is CCC(C(=O)NC)N(Cc1cccc(C)c1)C(=O)COc1cccc(C)c1C. The van der Waals surface area contributed by atoms with Gasteiger partial charge in [-0.05, 0) is 49.9 Å². The topological polar surface area (TPSA) is 58.6 Å². The summed E-state index contributed by atoms with van der Waals surface area (Å²) in [6, 6.07) is 13.2. The number of likely N-dealkylation sites (N-methyl/N-ethyl adjacent to an activating group) is 1. The van der Waals surface area contributed by atoms with Gasteiger partial charge in [0.15, 0.2) is 6.61 Å². The van der Waals surface area contributed by atoms with Crippen LogP contribution < -0.4 is 10.1 Å². The van der Waals surface area contributed by atoms with E-state index in [1.807, 2.05) is 70.2 Å². The van der Waals surface area contributed by atoms with Crippen LogP contribution in [0.15, 0.2) is 42.5 Å². The van der Waals surface area contributed by atoms with E-state index in [2.05, 4.69) is 5.32 Å². The molecule has 0 spiro atoms. The molecule has 0 aliphatic rings. The van der Waals surface area contributed by atoms with E-state index in [9.17, 15) is 9.59 Å². The second kappa shape index (κ2) is 9.93. The smallest absolute Gasteiger partial charge is 0.261 e. The predicted molar refractivity (Wildman–Crippen MR) is 111 cm³/mol. The summed E-state index contributed by atoms with van der Waals surface area (Å²) >= 11 is 0. The van der Waals surface area contributed by atoms with E-state index in [0.717, 1.165) is 22.3 Å². The summed E-state index contributed by atoms with van der Waals surface area (Å²) < 4.78 is 5.81. The molecule has 5 nitrogen and oxygen atoms in total. The van der Waals surface area contributed by atoms with Gasteiger partial charge in [-0.15, -0.1) is 0 Å². The zero-order chi connectivity index (χ0) is 20.7. The number of ether oxygens (including phenoxy) is 1. The first kappa shape index (κ1) is 21.5. The van der Waals surface area contributed by atoms with E-state index in [4.69, 9.17) is 4.74 Å². The van der Waals surface area contributed by atoms with Gasteiger partial charge in [0, 0.05) is 13.6 Å². The molecule has 0 saturated carbocycles. The maximum atomic E-state index is 13.0. The number of amides is 2. The van der Waals surface area contributed by atoms with Crippen molar-refractivity contribution in [2.75, 3.05) is 13.7 Å². The van der Waals surface area contributed by atoms with Crippen LogP contribution in [0.5, 0.6) is 5.75 Å². The Hall–Kier alpha value is -2.82. The molecule has 2 amide bonds. The number of benzene rings is 2. The van der Waals surface area contributed by atoms with Gasteiger partial charge in [-0.2, -0.15) is 0 Å². The van der Waals surface area contributed by atoms with Crippen LogP contribution in [0.4, 0.5) is 0 Å². The fourth-order valence-electron chi connectivity index (χ4n) is 3.20. The minimum Gasteiger partial charge on any atom is -0.483 e. The van der Waals surface area contributed by atoms with Gasteiger partial charge in [-0.1, -0.05) is 48.9 Å².